The molecule has 0 saturated heterocycles. The van der Waals surface area contributed by atoms with E-state index < -0.39 is 15.7 Å². The van der Waals surface area contributed by atoms with Crippen LogP contribution in [0.4, 0.5) is 5.69 Å². The second-order valence-electron chi connectivity index (χ2n) is 7.62. The van der Waals surface area contributed by atoms with Crippen molar-refractivity contribution in [3.63, 3.8) is 0 Å². The van der Waals surface area contributed by atoms with Crippen molar-refractivity contribution in [3.8, 4) is 22.7 Å². The monoisotopic (exact) mass is 492 g/mol. The van der Waals surface area contributed by atoms with Crippen molar-refractivity contribution in [2.24, 2.45) is 0 Å². The first-order chi connectivity index (χ1) is 16.3. The molecule has 0 unspecified atom stereocenters. The fourth-order valence-corrected chi connectivity index (χ4v) is 4.31. The van der Waals surface area contributed by atoms with Crippen LogP contribution in [0.25, 0.3) is 33.8 Å². The summed E-state index contributed by atoms with van der Waals surface area (Å²) < 4.78 is 29.4. The van der Waals surface area contributed by atoms with Crippen LogP contribution >= 0.6 is 11.6 Å². The van der Waals surface area contributed by atoms with Crippen molar-refractivity contribution in [2.45, 2.75) is 4.90 Å². The normalized spacial score (nSPS) is 11.6. The summed E-state index contributed by atoms with van der Waals surface area (Å²) in [7, 11) is -3.41. The number of H-pyrrole nitrogens is 1. The topological polar surface area (TPSA) is 118 Å². The van der Waals surface area contributed by atoms with Crippen LogP contribution in [0.5, 0.6) is 0 Å². The Bertz CT molecular complexity index is 1640. The molecule has 10 heteroatoms. The van der Waals surface area contributed by atoms with E-state index in [9.17, 15) is 13.2 Å². The van der Waals surface area contributed by atoms with Gasteiger partial charge in [-0.1, -0.05) is 29.8 Å². The van der Waals surface area contributed by atoms with Crippen LogP contribution in [0.2, 0.25) is 5.02 Å². The van der Waals surface area contributed by atoms with E-state index in [-0.39, 0.29) is 10.5 Å². The van der Waals surface area contributed by atoms with E-state index in [1.807, 2.05) is 12.1 Å². The van der Waals surface area contributed by atoms with Crippen LogP contribution in [0, 0.1) is 0 Å². The van der Waals surface area contributed by atoms with Gasteiger partial charge in [0.05, 0.1) is 22.3 Å². The lowest BCUT2D eigenvalue weighted by Gasteiger charge is -2.08. The third-order valence-corrected chi connectivity index (χ3v) is 6.52. The summed E-state index contributed by atoms with van der Waals surface area (Å²) in [5.41, 5.74) is 4.26. The maximum atomic E-state index is 12.6. The highest BCUT2D eigenvalue weighted by Gasteiger charge is 2.17. The number of aromatic nitrogens is 3. The zero-order valence-electron chi connectivity index (χ0n) is 17.7. The molecule has 1 amide bonds. The molecule has 3 aromatic carbocycles. The van der Waals surface area contributed by atoms with Crippen molar-refractivity contribution < 1.29 is 17.6 Å². The molecule has 0 aliphatic heterocycles. The number of rotatable bonds is 5. The Hall–Kier alpha value is -3.95. The molecule has 0 aliphatic rings. The molecule has 0 aliphatic carbocycles. The minimum Gasteiger partial charge on any atom is -0.436 e. The summed E-state index contributed by atoms with van der Waals surface area (Å²) >= 11 is 6.04. The fourth-order valence-electron chi connectivity index (χ4n) is 3.48. The highest BCUT2D eigenvalue weighted by atomic mass is 35.5. The van der Waals surface area contributed by atoms with Gasteiger partial charge in [-0.3, -0.25) is 9.89 Å². The molecule has 170 valence electrons. The van der Waals surface area contributed by atoms with E-state index in [1.165, 1.54) is 18.2 Å². The van der Waals surface area contributed by atoms with Gasteiger partial charge < -0.3 is 9.73 Å². The number of hydrogen-bond acceptors (Lipinski definition) is 6. The largest absolute Gasteiger partial charge is 0.436 e. The minimum atomic E-state index is -3.41. The Balaban J connectivity index is 1.38. The summed E-state index contributed by atoms with van der Waals surface area (Å²) in [6.07, 6.45) is 2.73. The molecular formula is C24H17ClN4O4S. The fraction of sp³-hybridized carbons (Fsp3) is 0.0417. The molecule has 0 radical (unpaired) electrons. The predicted octanol–water partition coefficient (Wildman–Crippen LogP) is 5.19. The van der Waals surface area contributed by atoms with Gasteiger partial charge in [-0.25, -0.2) is 13.4 Å². The van der Waals surface area contributed by atoms with Gasteiger partial charge in [-0.15, -0.1) is 0 Å². The highest BCUT2D eigenvalue weighted by molar-refractivity contribution is 7.90. The number of nitrogens with zero attached hydrogens (tertiary/aromatic N) is 2. The highest BCUT2D eigenvalue weighted by Crippen LogP contribution is 2.33. The van der Waals surface area contributed by atoms with Crippen LogP contribution in [-0.4, -0.2) is 35.8 Å². The number of sulfone groups is 1. The number of carbonyl (C=O) groups is 1. The smallest absolute Gasteiger partial charge is 0.255 e. The standard InChI is InChI=1S/C24H17ClN4O4S/c1-34(31,32)18-4-2-3-15(11-18)23(30)27-17-8-5-14(6-9-17)22-19(13-26-29-22)24-28-20-12-16(25)7-10-21(20)33-24/h2-13H,1H3,(H,26,29)(H,27,30). The van der Waals surface area contributed by atoms with Crippen LogP contribution < -0.4 is 5.32 Å². The van der Waals surface area contributed by atoms with Crippen molar-refractivity contribution in [2.75, 3.05) is 11.6 Å². The number of benzene rings is 3. The average Bonchev–Trinajstić information content (AvgIpc) is 3.46. The first-order valence-electron chi connectivity index (χ1n) is 10.1. The van der Waals surface area contributed by atoms with E-state index in [4.69, 9.17) is 16.0 Å². The summed E-state index contributed by atoms with van der Waals surface area (Å²) in [5, 5.41) is 10.4. The van der Waals surface area contributed by atoms with Crippen molar-refractivity contribution in [1.29, 1.82) is 0 Å². The van der Waals surface area contributed by atoms with Gasteiger partial charge in [0.25, 0.3) is 5.91 Å². The zero-order chi connectivity index (χ0) is 23.9. The Kier molecular flexibility index (Phi) is 5.43. The number of aromatic amines is 1. The molecule has 0 fully saturated rings. The molecule has 0 saturated carbocycles. The number of anilines is 1. The van der Waals surface area contributed by atoms with E-state index in [0.717, 1.165) is 11.8 Å². The summed E-state index contributed by atoms with van der Waals surface area (Å²) in [6.45, 7) is 0. The van der Waals surface area contributed by atoms with Crippen LogP contribution in [0.1, 0.15) is 10.4 Å². The SMILES string of the molecule is CS(=O)(=O)c1cccc(C(=O)Nc2ccc(-c3[nH]ncc3-c3nc4cc(Cl)ccc4o3)cc2)c1. The van der Waals surface area contributed by atoms with Gasteiger partial charge in [0.1, 0.15) is 5.52 Å². The molecule has 5 rings (SSSR count). The van der Waals surface area contributed by atoms with Gasteiger partial charge in [0.2, 0.25) is 5.89 Å². The third kappa shape index (κ3) is 4.30. The van der Waals surface area contributed by atoms with E-state index >= 15 is 0 Å². The van der Waals surface area contributed by atoms with Crippen molar-refractivity contribution in [3.05, 3.63) is 83.5 Å². The van der Waals surface area contributed by atoms with E-state index in [0.29, 0.717) is 39.0 Å². The van der Waals surface area contributed by atoms with Gasteiger partial charge in [0.15, 0.2) is 15.4 Å². The Morgan fingerprint density at radius 2 is 1.85 bits per heavy atom. The molecule has 8 nitrogen and oxygen atoms in total. The van der Waals surface area contributed by atoms with Crippen LogP contribution in [0.3, 0.4) is 0 Å². The second-order valence-corrected chi connectivity index (χ2v) is 10.1. The number of oxazole rings is 1. The number of carbonyl (C=O) groups excluding carboxylic acids is 1. The van der Waals surface area contributed by atoms with E-state index in [1.54, 1.807) is 42.6 Å². The number of hydrogen-bond donors (Lipinski definition) is 2. The third-order valence-electron chi connectivity index (χ3n) is 5.18. The van der Waals surface area contributed by atoms with Crippen molar-refractivity contribution in [1.82, 2.24) is 15.2 Å². The molecule has 0 bridgehead atoms. The lowest BCUT2D eigenvalue weighted by atomic mass is 10.1. The average molecular weight is 493 g/mol. The van der Waals surface area contributed by atoms with Gasteiger partial charge in [0, 0.05) is 28.1 Å². The molecule has 0 spiro atoms. The summed E-state index contributed by atoms with van der Waals surface area (Å²) in [4.78, 5) is 17.2. The van der Waals surface area contributed by atoms with Gasteiger partial charge >= 0.3 is 0 Å². The number of fused-ring (bicyclic) bond motifs is 1. The number of halogens is 1. The minimum absolute atomic E-state index is 0.0868. The Morgan fingerprint density at radius 3 is 2.62 bits per heavy atom. The maximum absolute atomic E-state index is 12.6. The van der Waals surface area contributed by atoms with Gasteiger partial charge in [-0.2, -0.15) is 5.10 Å². The summed E-state index contributed by atoms with van der Waals surface area (Å²) in [6, 6.07) is 18.2. The first kappa shape index (κ1) is 21.9. The van der Waals surface area contributed by atoms with E-state index in [2.05, 4.69) is 20.5 Å². The van der Waals surface area contributed by atoms with Crippen LogP contribution in [-0.2, 0) is 9.84 Å². The molecule has 0 atom stereocenters. The van der Waals surface area contributed by atoms with Crippen LogP contribution in [0.15, 0.2) is 82.2 Å². The number of amides is 1. The Labute approximate surface area is 199 Å². The molecule has 2 N–H and O–H groups in total. The van der Waals surface area contributed by atoms with Crippen molar-refractivity contribution >= 4 is 44.1 Å². The van der Waals surface area contributed by atoms with Gasteiger partial charge in [-0.05, 0) is 48.5 Å². The maximum Gasteiger partial charge on any atom is 0.255 e. The Morgan fingerprint density at radius 1 is 1.06 bits per heavy atom. The summed E-state index contributed by atoms with van der Waals surface area (Å²) in [5.74, 6) is -0.00484. The second kappa shape index (κ2) is 8.44. The first-order valence-corrected chi connectivity index (χ1v) is 12.4. The predicted molar refractivity (Wildman–Crippen MR) is 130 cm³/mol. The number of nitrogens with one attached hydrogen (secondary N) is 2. The molecule has 34 heavy (non-hydrogen) atoms. The lowest BCUT2D eigenvalue weighted by Crippen LogP contribution is -2.12. The molecular weight excluding hydrogens is 476 g/mol. The molecule has 5 aromatic rings. The zero-order valence-corrected chi connectivity index (χ0v) is 19.3. The quantitative estimate of drug-likeness (QED) is 0.348. The molecule has 2 heterocycles. The molecule has 2 aromatic heterocycles. The lowest BCUT2D eigenvalue weighted by molar-refractivity contribution is 0.102.